The van der Waals surface area contributed by atoms with Gasteiger partial charge in [-0.3, -0.25) is 0 Å². The summed E-state index contributed by atoms with van der Waals surface area (Å²) in [5, 5.41) is 3.78. The van der Waals surface area contributed by atoms with E-state index in [2.05, 4.69) is 17.4 Å². The summed E-state index contributed by atoms with van der Waals surface area (Å²) in [6.07, 6.45) is 8.19. The van der Waals surface area contributed by atoms with Gasteiger partial charge in [-0.15, -0.1) is 0 Å². The largest absolute Gasteiger partial charge is 0.449 e. The molecule has 5 rings (SSSR count). The first-order valence-electron chi connectivity index (χ1n) is 7.46. The Hall–Kier alpha value is -1.02. The van der Waals surface area contributed by atoms with Gasteiger partial charge in [0.25, 0.3) is 0 Å². The van der Waals surface area contributed by atoms with Gasteiger partial charge in [-0.25, -0.2) is 0 Å². The number of benzene rings is 1. The van der Waals surface area contributed by atoms with E-state index >= 15 is 0 Å². The molecule has 1 aromatic carbocycles. The lowest BCUT2D eigenvalue weighted by molar-refractivity contribution is 0.0795. The second kappa shape index (κ2) is 3.11. The Balaban J connectivity index is 1.77. The summed E-state index contributed by atoms with van der Waals surface area (Å²) in [5.41, 5.74) is 3.66. The molecule has 2 bridgehead atoms. The van der Waals surface area contributed by atoms with Gasteiger partial charge in [0.1, 0.15) is 0 Å². The van der Waals surface area contributed by atoms with Crippen LogP contribution in [0.25, 0.3) is 0 Å². The lowest BCUT2D eigenvalue weighted by Gasteiger charge is -2.55. The highest BCUT2D eigenvalue weighted by Crippen LogP contribution is 2.62. The smallest absolute Gasteiger partial charge is 0.174 e. The predicted molar refractivity (Wildman–Crippen MR) is 70.3 cm³/mol. The minimum atomic E-state index is 0.462. The van der Waals surface area contributed by atoms with Crippen LogP contribution in [0.1, 0.15) is 43.2 Å². The fourth-order valence-corrected chi connectivity index (χ4v) is 5.16. The average Bonchev–Trinajstić information content (AvgIpc) is 3.17. The Morgan fingerprint density at radius 3 is 3.22 bits per heavy atom. The molecule has 2 aliphatic carbocycles. The summed E-state index contributed by atoms with van der Waals surface area (Å²) in [6.45, 7) is 1.20. The Morgan fingerprint density at radius 1 is 1.22 bits per heavy atom. The summed E-state index contributed by atoms with van der Waals surface area (Å²) in [5.74, 6) is 3.28. The van der Waals surface area contributed by atoms with Crippen LogP contribution in [0, 0.1) is 5.92 Å². The molecule has 2 aliphatic heterocycles. The molecular formula is C16H19NO. The fourth-order valence-electron chi connectivity index (χ4n) is 5.16. The highest BCUT2D eigenvalue weighted by molar-refractivity contribution is 5.66. The molecule has 2 nitrogen and oxygen atoms in total. The Morgan fingerprint density at radius 2 is 2.22 bits per heavy atom. The molecule has 0 unspecified atom stereocenters. The first-order chi connectivity index (χ1) is 8.88. The van der Waals surface area contributed by atoms with E-state index in [1.54, 1.807) is 11.1 Å². The van der Waals surface area contributed by atoms with E-state index in [-0.39, 0.29) is 0 Å². The van der Waals surface area contributed by atoms with Crippen molar-refractivity contribution in [3.63, 3.8) is 0 Å². The zero-order valence-electron chi connectivity index (χ0n) is 10.7. The molecule has 4 aliphatic rings. The van der Waals surface area contributed by atoms with Crippen molar-refractivity contribution in [2.24, 2.45) is 5.92 Å². The first kappa shape index (κ1) is 9.85. The molecule has 1 saturated carbocycles. The van der Waals surface area contributed by atoms with E-state index in [0.29, 0.717) is 5.41 Å². The summed E-state index contributed by atoms with van der Waals surface area (Å²) in [4.78, 5) is 0. The molecule has 2 fully saturated rings. The highest BCUT2D eigenvalue weighted by atomic mass is 16.6. The molecule has 0 spiro atoms. The van der Waals surface area contributed by atoms with Crippen LogP contribution in [0.2, 0.25) is 0 Å². The Labute approximate surface area is 108 Å². The maximum absolute atomic E-state index is 5.75. The van der Waals surface area contributed by atoms with Gasteiger partial charge >= 0.3 is 0 Å². The lowest BCUT2D eigenvalue weighted by atomic mass is 9.53. The number of rotatable bonds is 0. The fraction of sp³-hybridized carbons (Fsp3) is 0.625. The van der Waals surface area contributed by atoms with Gasteiger partial charge in [-0.05, 0) is 49.8 Å². The van der Waals surface area contributed by atoms with Crippen molar-refractivity contribution in [2.45, 2.75) is 50.0 Å². The molecule has 2 heterocycles. The zero-order chi connectivity index (χ0) is 11.7. The van der Waals surface area contributed by atoms with E-state index in [0.717, 1.165) is 17.7 Å². The molecule has 94 valence electrons. The third kappa shape index (κ3) is 1.04. The van der Waals surface area contributed by atoms with Gasteiger partial charge in [0.15, 0.2) is 11.5 Å². The van der Waals surface area contributed by atoms with Gasteiger partial charge in [-0.1, -0.05) is 18.9 Å². The SMILES string of the molecule is c1cc2c(c3c1C[C@H]1NCC[C@@]34CCCC[C@@H]14)O2. The van der Waals surface area contributed by atoms with E-state index < -0.39 is 0 Å². The highest BCUT2D eigenvalue weighted by Gasteiger charge is 2.54. The molecule has 0 radical (unpaired) electrons. The van der Waals surface area contributed by atoms with Crippen LogP contribution in [0.5, 0.6) is 11.5 Å². The lowest BCUT2D eigenvalue weighted by Crippen LogP contribution is -2.59. The second-order valence-corrected chi connectivity index (χ2v) is 6.55. The van der Waals surface area contributed by atoms with E-state index in [1.165, 1.54) is 50.8 Å². The van der Waals surface area contributed by atoms with Crippen molar-refractivity contribution in [2.75, 3.05) is 6.54 Å². The van der Waals surface area contributed by atoms with Crippen molar-refractivity contribution in [1.82, 2.24) is 5.32 Å². The molecule has 0 amide bonds. The molecule has 2 heteroatoms. The van der Waals surface area contributed by atoms with Crippen LogP contribution < -0.4 is 10.1 Å². The topological polar surface area (TPSA) is 24.6 Å². The number of fused-ring (bicyclic) bond motifs is 3. The standard InChI is InChI=1S/C16H19NO/c1-2-6-16-7-8-17-12(11(16)3-1)9-10-4-5-13-15(18-13)14(10)16/h4-5,11-12,17H,1-3,6-9H2/t11-,12+,16+/m0/s1. The third-order valence-electron chi connectivity index (χ3n) is 5.88. The molecule has 18 heavy (non-hydrogen) atoms. The van der Waals surface area contributed by atoms with Gasteiger partial charge in [0.2, 0.25) is 0 Å². The summed E-state index contributed by atoms with van der Waals surface area (Å²) >= 11 is 0. The number of nitrogens with one attached hydrogen (secondary N) is 1. The number of hydrogen-bond donors (Lipinski definition) is 1. The van der Waals surface area contributed by atoms with Gasteiger partial charge in [0.05, 0.1) is 0 Å². The molecule has 1 aromatic rings. The van der Waals surface area contributed by atoms with Crippen LogP contribution in [-0.2, 0) is 11.8 Å². The van der Waals surface area contributed by atoms with Crippen molar-refractivity contribution < 1.29 is 4.74 Å². The van der Waals surface area contributed by atoms with Crippen LogP contribution >= 0.6 is 0 Å². The second-order valence-electron chi connectivity index (χ2n) is 6.55. The summed E-state index contributed by atoms with van der Waals surface area (Å²) in [6, 6.07) is 5.22. The molecule has 1 N–H and O–H groups in total. The van der Waals surface area contributed by atoms with Crippen LogP contribution in [-0.4, -0.2) is 12.6 Å². The van der Waals surface area contributed by atoms with Gasteiger partial charge in [0, 0.05) is 17.0 Å². The molecule has 1 saturated heterocycles. The maximum atomic E-state index is 5.75. The minimum Gasteiger partial charge on any atom is -0.449 e. The number of ether oxygens (including phenoxy) is 1. The Kier molecular flexibility index (Phi) is 1.70. The first-order valence-corrected chi connectivity index (χ1v) is 7.46. The molecular weight excluding hydrogens is 222 g/mol. The quantitative estimate of drug-likeness (QED) is 0.717. The van der Waals surface area contributed by atoms with Crippen molar-refractivity contribution in [3.05, 3.63) is 23.3 Å². The number of piperidine rings is 1. The van der Waals surface area contributed by atoms with Crippen LogP contribution in [0.15, 0.2) is 12.1 Å². The molecule has 3 atom stereocenters. The van der Waals surface area contributed by atoms with E-state index in [4.69, 9.17) is 4.74 Å². The van der Waals surface area contributed by atoms with Crippen molar-refractivity contribution >= 4 is 0 Å². The monoisotopic (exact) mass is 241 g/mol. The summed E-state index contributed by atoms with van der Waals surface area (Å²) < 4.78 is 5.75. The number of hydrogen-bond acceptors (Lipinski definition) is 2. The maximum Gasteiger partial charge on any atom is 0.174 e. The van der Waals surface area contributed by atoms with Crippen LogP contribution in [0.3, 0.4) is 0 Å². The zero-order valence-corrected chi connectivity index (χ0v) is 10.7. The third-order valence-corrected chi connectivity index (χ3v) is 5.88. The molecule has 0 aromatic heterocycles. The normalized spacial score (nSPS) is 39.1. The Bertz CT molecular complexity index is 534. The van der Waals surface area contributed by atoms with E-state index in [9.17, 15) is 0 Å². The van der Waals surface area contributed by atoms with Crippen LogP contribution in [0.4, 0.5) is 0 Å². The van der Waals surface area contributed by atoms with Gasteiger partial charge in [-0.2, -0.15) is 0 Å². The summed E-state index contributed by atoms with van der Waals surface area (Å²) in [7, 11) is 0. The predicted octanol–water partition coefficient (Wildman–Crippen LogP) is 3.14. The van der Waals surface area contributed by atoms with Crippen molar-refractivity contribution in [3.8, 4) is 11.5 Å². The van der Waals surface area contributed by atoms with Gasteiger partial charge < -0.3 is 10.1 Å². The average molecular weight is 241 g/mol. The van der Waals surface area contributed by atoms with Crippen molar-refractivity contribution in [1.29, 1.82) is 0 Å². The van der Waals surface area contributed by atoms with E-state index in [1.807, 2.05) is 0 Å². The minimum absolute atomic E-state index is 0.462.